The van der Waals surface area contributed by atoms with Crippen LogP contribution < -0.4 is 14.3 Å². The van der Waals surface area contributed by atoms with Crippen LogP contribution in [0.2, 0.25) is 0 Å². The van der Waals surface area contributed by atoms with Crippen LogP contribution >= 0.6 is 11.3 Å². The minimum absolute atomic E-state index is 0.324. The number of nitrogens with zero attached hydrogens (tertiary/aromatic N) is 2. The zero-order chi connectivity index (χ0) is 20.6. The van der Waals surface area contributed by atoms with Crippen molar-refractivity contribution in [3.05, 3.63) is 53.3 Å². The first-order valence-corrected chi connectivity index (χ1v) is 10.6. The van der Waals surface area contributed by atoms with Crippen LogP contribution in [0.25, 0.3) is 10.2 Å². The minimum atomic E-state index is -0.679. The molecule has 0 saturated carbocycles. The number of aromatic nitrogens is 1. The molecule has 6 nitrogen and oxygen atoms in total. The van der Waals surface area contributed by atoms with E-state index in [0.717, 1.165) is 16.0 Å². The molecule has 2 aromatic carbocycles. The zero-order valence-electron chi connectivity index (χ0n) is 17.0. The highest BCUT2D eigenvalue weighted by atomic mass is 32.1. The van der Waals surface area contributed by atoms with Crippen molar-refractivity contribution in [1.82, 2.24) is 4.57 Å². The van der Waals surface area contributed by atoms with E-state index >= 15 is 0 Å². The first kappa shape index (κ1) is 21.1. The van der Waals surface area contributed by atoms with Gasteiger partial charge in [0, 0.05) is 13.2 Å². The highest BCUT2D eigenvalue weighted by Crippen LogP contribution is 2.23. The number of thiazole rings is 1. The molecule has 0 bridgehead atoms. The van der Waals surface area contributed by atoms with E-state index in [2.05, 4.69) is 4.99 Å². The Morgan fingerprint density at radius 1 is 1.10 bits per heavy atom. The van der Waals surface area contributed by atoms with Gasteiger partial charge in [-0.05, 0) is 51.1 Å². The predicted molar refractivity (Wildman–Crippen MR) is 115 cm³/mol. The number of carbonyl (C=O) groups is 1. The summed E-state index contributed by atoms with van der Waals surface area (Å²) in [4.78, 5) is 17.7. The number of amides is 1. The van der Waals surface area contributed by atoms with Crippen molar-refractivity contribution in [2.45, 2.75) is 33.4 Å². The number of carbonyl (C=O) groups excluding carboxylic acids is 1. The van der Waals surface area contributed by atoms with Gasteiger partial charge in [-0.2, -0.15) is 4.99 Å². The maximum absolute atomic E-state index is 12.7. The number of fused-ring (bicyclic) bond motifs is 1. The van der Waals surface area contributed by atoms with Crippen molar-refractivity contribution in [2.75, 3.05) is 19.8 Å². The van der Waals surface area contributed by atoms with E-state index in [0.29, 0.717) is 36.9 Å². The van der Waals surface area contributed by atoms with Crippen molar-refractivity contribution < 1.29 is 19.0 Å². The second kappa shape index (κ2) is 10.2. The number of hydrogen-bond acceptors (Lipinski definition) is 5. The third kappa shape index (κ3) is 5.46. The lowest BCUT2D eigenvalue weighted by Crippen LogP contribution is -2.26. The number of para-hydroxylation sites is 1. The van der Waals surface area contributed by atoms with E-state index in [1.807, 2.05) is 66.9 Å². The quantitative estimate of drug-likeness (QED) is 0.496. The highest BCUT2D eigenvalue weighted by molar-refractivity contribution is 7.16. The van der Waals surface area contributed by atoms with Crippen LogP contribution in [0.5, 0.6) is 11.5 Å². The average Bonchev–Trinajstić information content (AvgIpc) is 3.05. The van der Waals surface area contributed by atoms with Gasteiger partial charge >= 0.3 is 0 Å². The summed E-state index contributed by atoms with van der Waals surface area (Å²) >= 11 is 1.46. The van der Waals surface area contributed by atoms with Gasteiger partial charge in [0.25, 0.3) is 5.91 Å². The molecule has 1 heterocycles. The van der Waals surface area contributed by atoms with Gasteiger partial charge in [-0.3, -0.25) is 4.79 Å². The molecule has 0 radical (unpaired) electrons. The van der Waals surface area contributed by atoms with Crippen molar-refractivity contribution >= 4 is 27.5 Å². The van der Waals surface area contributed by atoms with Crippen LogP contribution in [0.3, 0.4) is 0 Å². The van der Waals surface area contributed by atoms with Gasteiger partial charge < -0.3 is 18.8 Å². The molecule has 0 saturated heterocycles. The second-order valence-corrected chi connectivity index (χ2v) is 7.33. The molecule has 1 unspecified atom stereocenters. The Labute approximate surface area is 174 Å². The molecule has 1 atom stereocenters. The molecule has 7 heteroatoms. The molecular weight excluding hydrogens is 388 g/mol. The molecule has 1 aromatic heterocycles. The van der Waals surface area contributed by atoms with Gasteiger partial charge in [0.2, 0.25) is 0 Å². The van der Waals surface area contributed by atoms with Gasteiger partial charge in [0.05, 0.1) is 23.4 Å². The lowest BCUT2D eigenvalue weighted by molar-refractivity contribution is -0.124. The molecule has 0 N–H and O–H groups in total. The smallest absolute Gasteiger partial charge is 0.289 e. The van der Waals surface area contributed by atoms with Gasteiger partial charge in [-0.15, -0.1) is 0 Å². The molecule has 0 aliphatic carbocycles. The fraction of sp³-hybridized carbons (Fsp3) is 0.364. The summed E-state index contributed by atoms with van der Waals surface area (Å²) in [5, 5.41) is 0. The molecule has 1 amide bonds. The first-order valence-electron chi connectivity index (χ1n) is 9.76. The SMILES string of the molecule is CCOCCn1c(=NC(=O)C(C)Oc2ccccc2)sc2cc(OCC)ccc21. The summed E-state index contributed by atoms with van der Waals surface area (Å²) in [6.07, 6.45) is -0.679. The molecule has 0 fully saturated rings. The van der Waals surface area contributed by atoms with Crippen LogP contribution in [0.15, 0.2) is 53.5 Å². The van der Waals surface area contributed by atoms with E-state index in [-0.39, 0.29) is 5.91 Å². The Morgan fingerprint density at radius 3 is 2.62 bits per heavy atom. The second-order valence-electron chi connectivity index (χ2n) is 6.32. The lowest BCUT2D eigenvalue weighted by Gasteiger charge is -2.11. The van der Waals surface area contributed by atoms with Crippen LogP contribution in [0, 0.1) is 0 Å². The van der Waals surface area contributed by atoms with Crippen molar-refractivity contribution in [3.8, 4) is 11.5 Å². The molecule has 3 aromatic rings. The molecule has 154 valence electrons. The van der Waals surface area contributed by atoms with Gasteiger partial charge in [-0.1, -0.05) is 29.5 Å². The molecule has 0 spiro atoms. The first-order chi connectivity index (χ1) is 14.1. The molecule has 29 heavy (non-hydrogen) atoms. The van der Waals surface area contributed by atoms with E-state index in [4.69, 9.17) is 14.2 Å². The summed E-state index contributed by atoms with van der Waals surface area (Å²) in [7, 11) is 0. The van der Waals surface area contributed by atoms with Gasteiger partial charge in [-0.25, -0.2) is 0 Å². The summed E-state index contributed by atoms with van der Waals surface area (Å²) in [6.45, 7) is 8.03. The predicted octanol–water partition coefficient (Wildman–Crippen LogP) is 4.03. The summed E-state index contributed by atoms with van der Waals surface area (Å²) in [6, 6.07) is 15.2. The lowest BCUT2D eigenvalue weighted by atomic mass is 10.3. The summed E-state index contributed by atoms with van der Waals surface area (Å²) in [5.41, 5.74) is 1.00. The number of ether oxygens (including phenoxy) is 3. The van der Waals surface area contributed by atoms with Crippen LogP contribution in [-0.2, 0) is 16.1 Å². The molecule has 3 rings (SSSR count). The van der Waals surface area contributed by atoms with Crippen molar-refractivity contribution in [3.63, 3.8) is 0 Å². The zero-order valence-corrected chi connectivity index (χ0v) is 17.8. The normalized spacial score (nSPS) is 12.9. The van der Waals surface area contributed by atoms with Crippen LogP contribution in [0.1, 0.15) is 20.8 Å². The molecule has 0 aliphatic heterocycles. The fourth-order valence-corrected chi connectivity index (χ4v) is 3.94. The van der Waals surface area contributed by atoms with E-state index in [1.165, 1.54) is 11.3 Å². The standard InChI is InChI=1S/C22H26N2O4S/c1-4-26-14-13-24-19-12-11-18(27-5-2)15-20(19)29-22(24)23-21(25)16(3)28-17-9-7-6-8-10-17/h6-12,15-16H,4-5,13-14H2,1-3H3. The van der Waals surface area contributed by atoms with Gasteiger partial charge in [0.1, 0.15) is 11.5 Å². The number of hydrogen-bond donors (Lipinski definition) is 0. The maximum Gasteiger partial charge on any atom is 0.289 e. The van der Waals surface area contributed by atoms with E-state index in [9.17, 15) is 4.79 Å². The molecule has 0 aliphatic rings. The Kier molecular flexibility index (Phi) is 7.43. The minimum Gasteiger partial charge on any atom is -0.494 e. The maximum atomic E-state index is 12.7. The fourth-order valence-electron chi connectivity index (χ4n) is 2.85. The summed E-state index contributed by atoms with van der Waals surface area (Å²) < 4.78 is 19.9. The average molecular weight is 415 g/mol. The number of rotatable bonds is 9. The third-order valence-electron chi connectivity index (χ3n) is 4.24. The Balaban J connectivity index is 1.92. The summed E-state index contributed by atoms with van der Waals surface area (Å²) in [5.74, 6) is 1.12. The topological polar surface area (TPSA) is 62.1 Å². The Bertz CT molecular complexity index is 1010. The Hall–Kier alpha value is -2.64. The number of benzene rings is 2. The highest BCUT2D eigenvalue weighted by Gasteiger charge is 2.15. The van der Waals surface area contributed by atoms with E-state index < -0.39 is 6.10 Å². The third-order valence-corrected chi connectivity index (χ3v) is 5.28. The van der Waals surface area contributed by atoms with Crippen molar-refractivity contribution in [2.24, 2.45) is 4.99 Å². The van der Waals surface area contributed by atoms with E-state index in [1.54, 1.807) is 6.92 Å². The van der Waals surface area contributed by atoms with Crippen molar-refractivity contribution in [1.29, 1.82) is 0 Å². The van der Waals surface area contributed by atoms with Crippen LogP contribution in [0.4, 0.5) is 0 Å². The van der Waals surface area contributed by atoms with Gasteiger partial charge in [0.15, 0.2) is 10.9 Å². The largest absolute Gasteiger partial charge is 0.494 e. The molecular formula is C22H26N2O4S. The monoisotopic (exact) mass is 414 g/mol. The van der Waals surface area contributed by atoms with Crippen LogP contribution in [-0.4, -0.2) is 36.4 Å². The Morgan fingerprint density at radius 2 is 1.90 bits per heavy atom.